The van der Waals surface area contributed by atoms with Crippen molar-refractivity contribution >= 4 is 22.3 Å². The molecule has 0 radical (unpaired) electrons. The molecule has 0 bridgehead atoms. The zero-order valence-corrected chi connectivity index (χ0v) is 18.4. The van der Waals surface area contributed by atoms with Crippen LogP contribution in [0.25, 0.3) is 27.7 Å². The Morgan fingerprint density at radius 3 is 2.31 bits per heavy atom. The van der Waals surface area contributed by atoms with Gasteiger partial charge in [-0.05, 0) is 35.2 Å². The molecule has 0 aliphatic rings. The standard InChI is InChI=1S/C27H25N5/c1-27(2,3)20-11-13-21(14-12-20)29-26-24-10-5-4-9-23(24)25(30-31-26)19-7-6-8-22(17-19)32-16-15-28-18-32/h4-18H,1-3H3,(H,29,31). The van der Waals surface area contributed by atoms with Crippen LogP contribution in [-0.2, 0) is 5.41 Å². The summed E-state index contributed by atoms with van der Waals surface area (Å²) in [6, 6.07) is 25.0. The van der Waals surface area contributed by atoms with Crippen molar-refractivity contribution in [1.29, 1.82) is 0 Å². The molecule has 32 heavy (non-hydrogen) atoms. The minimum atomic E-state index is 0.123. The SMILES string of the molecule is CC(C)(C)c1ccc(Nc2nnc(-c3cccc(-n4ccnc4)c3)c3ccccc23)cc1. The van der Waals surface area contributed by atoms with Gasteiger partial charge in [0, 0.05) is 40.1 Å². The van der Waals surface area contributed by atoms with Crippen molar-refractivity contribution in [3.05, 3.63) is 97.1 Å². The maximum atomic E-state index is 4.62. The van der Waals surface area contributed by atoms with E-state index in [1.165, 1.54) is 5.56 Å². The minimum absolute atomic E-state index is 0.123. The van der Waals surface area contributed by atoms with E-state index in [1.54, 1.807) is 12.5 Å². The van der Waals surface area contributed by atoms with Crippen LogP contribution in [0.2, 0.25) is 0 Å². The predicted molar refractivity (Wildman–Crippen MR) is 131 cm³/mol. The lowest BCUT2D eigenvalue weighted by Crippen LogP contribution is -2.10. The van der Waals surface area contributed by atoms with Crippen LogP contribution in [0.4, 0.5) is 11.5 Å². The Morgan fingerprint density at radius 1 is 0.812 bits per heavy atom. The van der Waals surface area contributed by atoms with Crippen LogP contribution < -0.4 is 5.32 Å². The summed E-state index contributed by atoms with van der Waals surface area (Å²) in [7, 11) is 0. The van der Waals surface area contributed by atoms with Crippen molar-refractivity contribution in [2.45, 2.75) is 26.2 Å². The number of hydrogen-bond donors (Lipinski definition) is 1. The van der Waals surface area contributed by atoms with Gasteiger partial charge in [-0.2, -0.15) is 0 Å². The first-order chi connectivity index (χ1) is 15.5. The van der Waals surface area contributed by atoms with Crippen LogP contribution in [0.1, 0.15) is 26.3 Å². The zero-order chi connectivity index (χ0) is 22.1. The third-order valence-electron chi connectivity index (χ3n) is 5.62. The van der Waals surface area contributed by atoms with Crippen LogP contribution in [0.5, 0.6) is 0 Å². The summed E-state index contributed by atoms with van der Waals surface area (Å²) in [4.78, 5) is 4.15. The fraction of sp³-hybridized carbons (Fsp3) is 0.148. The van der Waals surface area contributed by atoms with Gasteiger partial charge in [0.15, 0.2) is 5.82 Å². The van der Waals surface area contributed by atoms with Crippen molar-refractivity contribution in [2.75, 3.05) is 5.32 Å². The number of imidazole rings is 1. The topological polar surface area (TPSA) is 55.6 Å². The van der Waals surface area contributed by atoms with E-state index in [2.05, 4.69) is 95.9 Å². The smallest absolute Gasteiger partial charge is 0.161 e. The van der Waals surface area contributed by atoms with Gasteiger partial charge in [0.05, 0.1) is 6.33 Å². The second-order valence-corrected chi connectivity index (χ2v) is 8.92. The second kappa shape index (κ2) is 7.93. The molecule has 0 atom stereocenters. The second-order valence-electron chi connectivity index (χ2n) is 8.92. The molecule has 5 rings (SSSR count). The molecule has 0 saturated carbocycles. The van der Waals surface area contributed by atoms with Gasteiger partial charge in [0.25, 0.3) is 0 Å². The number of anilines is 2. The van der Waals surface area contributed by atoms with E-state index in [0.717, 1.165) is 39.2 Å². The van der Waals surface area contributed by atoms with Crippen molar-refractivity contribution in [2.24, 2.45) is 0 Å². The third-order valence-corrected chi connectivity index (χ3v) is 5.62. The lowest BCUT2D eigenvalue weighted by molar-refractivity contribution is 0.590. The van der Waals surface area contributed by atoms with Gasteiger partial charge in [0.1, 0.15) is 5.69 Å². The summed E-state index contributed by atoms with van der Waals surface area (Å²) in [5.41, 5.74) is 5.32. The van der Waals surface area contributed by atoms with E-state index in [-0.39, 0.29) is 5.41 Å². The highest BCUT2D eigenvalue weighted by atomic mass is 15.2. The molecule has 5 heteroatoms. The number of aromatic nitrogens is 4. The monoisotopic (exact) mass is 419 g/mol. The van der Waals surface area contributed by atoms with Gasteiger partial charge in [-0.1, -0.05) is 69.3 Å². The van der Waals surface area contributed by atoms with E-state index in [1.807, 2.05) is 29.0 Å². The summed E-state index contributed by atoms with van der Waals surface area (Å²) in [5, 5.41) is 14.7. The van der Waals surface area contributed by atoms with E-state index in [0.29, 0.717) is 0 Å². The summed E-state index contributed by atoms with van der Waals surface area (Å²) in [6.07, 6.45) is 5.50. The van der Waals surface area contributed by atoms with Crippen LogP contribution in [0.3, 0.4) is 0 Å². The van der Waals surface area contributed by atoms with Gasteiger partial charge in [-0.25, -0.2) is 4.98 Å². The maximum absolute atomic E-state index is 4.62. The summed E-state index contributed by atoms with van der Waals surface area (Å²) in [6.45, 7) is 6.65. The van der Waals surface area contributed by atoms with Gasteiger partial charge in [-0.15, -0.1) is 10.2 Å². The van der Waals surface area contributed by atoms with Crippen LogP contribution in [0, 0.1) is 0 Å². The average Bonchev–Trinajstić information content (AvgIpc) is 3.34. The number of benzene rings is 3. The Balaban J connectivity index is 1.53. The summed E-state index contributed by atoms with van der Waals surface area (Å²) >= 11 is 0. The summed E-state index contributed by atoms with van der Waals surface area (Å²) < 4.78 is 1.98. The molecule has 0 unspecified atom stereocenters. The van der Waals surface area contributed by atoms with Crippen molar-refractivity contribution in [3.63, 3.8) is 0 Å². The van der Waals surface area contributed by atoms with Crippen LogP contribution in [0.15, 0.2) is 91.5 Å². The Morgan fingerprint density at radius 2 is 1.59 bits per heavy atom. The van der Waals surface area contributed by atoms with E-state index in [9.17, 15) is 0 Å². The van der Waals surface area contributed by atoms with Gasteiger partial charge in [0.2, 0.25) is 0 Å². The highest BCUT2D eigenvalue weighted by molar-refractivity contribution is 6.01. The number of nitrogens with zero attached hydrogens (tertiary/aromatic N) is 4. The number of hydrogen-bond acceptors (Lipinski definition) is 4. The Bertz CT molecular complexity index is 1360. The van der Waals surface area contributed by atoms with Gasteiger partial charge in [-0.3, -0.25) is 0 Å². The van der Waals surface area contributed by atoms with Crippen molar-refractivity contribution < 1.29 is 0 Å². The molecule has 5 aromatic rings. The Kier molecular flexibility index (Phi) is 4.94. The van der Waals surface area contributed by atoms with Crippen molar-refractivity contribution in [1.82, 2.24) is 19.7 Å². The van der Waals surface area contributed by atoms with Crippen LogP contribution in [-0.4, -0.2) is 19.7 Å². The largest absolute Gasteiger partial charge is 0.338 e. The normalized spacial score (nSPS) is 11.6. The molecule has 2 heterocycles. The van der Waals surface area contributed by atoms with Gasteiger partial charge >= 0.3 is 0 Å². The Labute approximate surface area is 187 Å². The molecular weight excluding hydrogens is 394 g/mol. The van der Waals surface area contributed by atoms with E-state index < -0.39 is 0 Å². The molecule has 2 aromatic heterocycles. The van der Waals surface area contributed by atoms with Crippen LogP contribution >= 0.6 is 0 Å². The lowest BCUT2D eigenvalue weighted by atomic mass is 9.87. The highest BCUT2D eigenvalue weighted by Crippen LogP contribution is 2.32. The van der Waals surface area contributed by atoms with Gasteiger partial charge < -0.3 is 9.88 Å². The zero-order valence-electron chi connectivity index (χ0n) is 18.4. The van der Waals surface area contributed by atoms with E-state index in [4.69, 9.17) is 0 Å². The fourth-order valence-electron chi connectivity index (χ4n) is 3.83. The molecule has 3 aromatic carbocycles. The quantitative estimate of drug-likeness (QED) is 0.360. The number of fused-ring (bicyclic) bond motifs is 1. The number of nitrogens with one attached hydrogen (secondary N) is 1. The molecule has 0 spiro atoms. The molecule has 1 N–H and O–H groups in total. The first-order valence-corrected chi connectivity index (χ1v) is 10.7. The van der Waals surface area contributed by atoms with Crippen molar-refractivity contribution in [3.8, 4) is 16.9 Å². The first kappa shape index (κ1) is 19.9. The molecule has 0 amide bonds. The molecule has 0 aliphatic carbocycles. The molecule has 0 aliphatic heterocycles. The lowest BCUT2D eigenvalue weighted by Gasteiger charge is -2.19. The molecule has 158 valence electrons. The molecule has 0 saturated heterocycles. The fourth-order valence-corrected chi connectivity index (χ4v) is 3.83. The van der Waals surface area contributed by atoms with E-state index >= 15 is 0 Å². The summed E-state index contributed by atoms with van der Waals surface area (Å²) in [5.74, 6) is 0.749. The maximum Gasteiger partial charge on any atom is 0.161 e. The molecule has 5 nitrogen and oxygen atoms in total. The molecular formula is C27H25N5. The minimum Gasteiger partial charge on any atom is -0.338 e. The highest BCUT2D eigenvalue weighted by Gasteiger charge is 2.14. The Hall–Kier alpha value is -3.99. The predicted octanol–water partition coefficient (Wildman–Crippen LogP) is 6.52. The molecule has 0 fully saturated rings. The number of rotatable bonds is 4. The third kappa shape index (κ3) is 3.85. The average molecular weight is 420 g/mol. The first-order valence-electron chi connectivity index (χ1n) is 10.7.